The number of ether oxygens (including phenoxy) is 3. The average molecular weight is 348 g/mol. The molecule has 1 fully saturated rings. The molecule has 0 bridgehead atoms. The summed E-state index contributed by atoms with van der Waals surface area (Å²) in [6.45, 7) is 4.64. The van der Waals surface area contributed by atoms with Crippen molar-refractivity contribution in [2.75, 3.05) is 38.4 Å². The predicted octanol–water partition coefficient (Wildman–Crippen LogP) is 2.02. The van der Waals surface area contributed by atoms with Gasteiger partial charge < -0.3 is 24.4 Å². The SMILES string of the molecule is CCOC(=O)[C@H]1CCCN(CCC(=O)Nc2ccc3c(c2)OCO3)C1. The molecule has 2 heterocycles. The number of carbonyl (C=O) groups excluding carboxylic acids is 2. The lowest BCUT2D eigenvalue weighted by atomic mass is 9.98. The summed E-state index contributed by atoms with van der Waals surface area (Å²) in [6.07, 6.45) is 2.19. The maximum absolute atomic E-state index is 12.2. The van der Waals surface area contributed by atoms with Crippen molar-refractivity contribution >= 4 is 17.6 Å². The monoisotopic (exact) mass is 348 g/mol. The lowest BCUT2D eigenvalue weighted by molar-refractivity contribution is -0.149. The summed E-state index contributed by atoms with van der Waals surface area (Å²) >= 11 is 0. The Bertz CT molecular complexity index is 634. The Balaban J connectivity index is 1.45. The topological polar surface area (TPSA) is 77.1 Å². The quantitative estimate of drug-likeness (QED) is 0.793. The van der Waals surface area contributed by atoms with Crippen LogP contribution in [0.2, 0.25) is 0 Å². The first-order valence-corrected chi connectivity index (χ1v) is 8.74. The van der Waals surface area contributed by atoms with Gasteiger partial charge in [-0.3, -0.25) is 9.59 Å². The molecule has 0 aromatic heterocycles. The van der Waals surface area contributed by atoms with Gasteiger partial charge in [-0.1, -0.05) is 0 Å². The molecule has 2 aliphatic heterocycles. The molecule has 1 aromatic carbocycles. The summed E-state index contributed by atoms with van der Waals surface area (Å²) in [6, 6.07) is 5.34. The molecule has 0 spiro atoms. The van der Waals surface area contributed by atoms with E-state index in [-0.39, 0.29) is 24.6 Å². The Hall–Kier alpha value is -2.28. The van der Waals surface area contributed by atoms with Gasteiger partial charge in [0.1, 0.15) is 0 Å². The third-order valence-corrected chi connectivity index (χ3v) is 4.44. The van der Waals surface area contributed by atoms with Crippen LogP contribution in [0.4, 0.5) is 5.69 Å². The van der Waals surface area contributed by atoms with Gasteiger partial charge in [0.25, 0.3) is 0 Å². The van der Waals surface area contributed by atoms with Crippen molar-refractivity contribution in [1.29, 1.82) is 0 Å². The third-order valence-electron chi connectivity index (χ3n) is 4.44. The zero-order valence-electron chi connectivity index (χ0n) is 14.5. The number of fused-ring (bicyclic) bond motifs is 1. The van der Waals surface area contributed by atoms with Crippen molar-refractivity contribution in [3.63, 3.8) is 0 Å². The van der Waals surface area contributed by atoms with Gasteiger partial charge in [0.05, 0.1) is 12.5 Å². The first-order chi connectivity index (χ1) is 12.2. The number of rotatable bonds is 6. The first kappa shape index (κ1) is 17.5. The molecule has 7 nitrogen and oxygen atoms in total. The van der Waals surface area contributed by atoms with Crippen LogP contribution in [0.1, 0.15) is 26.2 Å². The summed E-state index contributed by atoms with van der Waals surface area (Å²) in [4.78, 5) is 26.2. The van der Waals surface area contributed by atoms with Crippen molar-refractivity contribution in [3.05, 3.63) is 18.2 Å². The molecule has 3 rings (SSSR count). The molecule has 1 amide bonds. The van der Waals surface area contributed by atoms with E-state index in [2.05, 4.69) is 10.2 Å². The van der Waals surface area contributed by atoms with Crippen LogP contribution in [0.5, 0.6) is 11.5 Å². The highest BCUT2D eigenvalue weighted by atomic mass is 16.7. The molecule has 0 saturated carbocycles. The van der Waals surface area contributed by atoms with Crippen LogP contribution < -0.4 is 14.8 Å². The Morgan fingerprint density at radius 1 is 1.32 bits per heavy atom. The molecule has 1 saturated heterocycles. The minimum absolute atomic E-state index is 0.0582. The van der Waals surface area contributed by atoms with E-state index in [1.165, 1.54) is 0 Å². The molecular weight excluding hydrogens is 324 g/mol. The zero-order valence-corrected chi connectivity index (χ0v) is 14.5. The van der Waals surface area contributed by atoms with Crippen LogP contribution >= 0.6 is 0 Å². The number of hydrogen-bond donors (Lipinski definition) is 1. The van der Waals surface area contributed by atoms with Gasteiger partial charge in [-0.2, -0.15) is 0 Å². The average Bonchev–Trinajstić information content (AvgIpc) is 3.08. The van der Waals surface area contributed by atoms with Gasteiger partial charge in [0, 0.05) is 31.3 Å². The normalized spacial score (nSPS) is 19.5. The second-order valence-corrected chi connectivity index (χ2v) is 6.26. The van der Waals surface area contributed by atoms with Crippen molar-refractivity contribution in [3.8, 4) is 11.5 Å². The predicted molar refractivity (Wildman–Crippen MR) is 91.6 cm³/mol. The number of anilines is 1. The van der Waals surface area contributed by atoms with E-state index in [1.54, 1.807) is 18.2 Å². The number of benzene rings is 1. The number of piperidine rings is 1. The number of esters is 1. The van der Waals surface area contributed by atoms with Crippen LogP contribution in [-0.4, -0.2) is 49.8 Å². The summed E-state index contributed by atoms with van der Waals surface area (Å²) in [5.74, 6) is 1.07. The van der Waals surface area contributed by atoms with Crippen LogP contribution in [-0.2, 0) is 14.3 Å². The molecule has 136 valence electrons. The molecule has 2 aliphatic rings. The van der Waals surface area contributed by atoms with E-state index in [9.17, 15) is 9.59 Å². The van der Waals surface area contributed by atoms with Gasteiger partial charge >= 0.3 is 5.97 Å². The van der Waals surface area contributed by atoms with Gasteiger partial charge in [-0.25, -0.2) is 0 Å². The summed E-state index contributed by atoms with van der Waals surface area (Å²) < 4.78 is 15.7. The Labute approximate surface area is 147 Å². The fourth-order valence-corrected chi connectivity index (χ4v) is 3.17. The Morgan fingerprint density at radius 2 is 2.16 bits per heavy atom. The van der Waals surface area contributed by atoms with Crippen LogP contribution in [0.25, 0.3) is 0 Å². The molecular formula is C18H24N2O5. The van der Waals surface area contributed by atoms with Crippen molar-refractivity contribution < 1.29 is 23.8 Å². The standard InChI is InChI=1S/C18H24N2O5/c1-2-23-18(22)13-4-3-8-20(11-13)9-7-17(21)19-14-5-6-15-16(10-14)25-12-24-15/h5-6,10,13H,2-4,7-9,11-12H2,1H3,(H,19,21)/t13-/m0/s1. The zero-order chi connectivity index (χ0) is 17.6. The maximum atomic E-state index is 12.2. The van der Waals surface area contributed by atoms with Gasteiger partial charge in [-0.05, 0) is 38.4 Å². The van der Waals surface area contributed by atoms with Crippen LogP contribution in [0.15, 0.2) is 18.2 Å². The van der Waals surface area contributed by atoms with E-state index in [1.807, 2.05) is 6.92 Å². The van der Waals surface area contributed by atoms with E-state index in [0.717, 1.165) is 19.4 Å². The number of nitrogens with zero attached hydrogens (tertiary/aromatic N) is 1. The van der Waals surface area contributed by atoms with Crippen LogP contribution in [0.3, 0.4) is 0 Å². The highest BCUT2D eigenvalue weighted by Crippen LogP contribution is 2.34. The summed E-state index contributed by atoms with van der Waals surface area (Å²) in [5, 5.41) is 2.87. The molecule has 0 unspecified atom stereocenters. The second-order valence-electron chi connectivity index (χ2n) is 6.26. The lowest BCUT2D eigenvalue weighted by Crippen LogP contribution is -2.40. The molecule has 25 heavy (non-hydrogen) atoms. The van der Waals surface area contributed by atoms with Gasteiger partial charge in [0.2, 0.25) is 12.7 Å². The number of likely N-dealkylation sites (tertiary alicyclic amines) is 1. The smallest absolute Gasteiger partial charge is 0.310 e. The minimum Gasteiger partial charge on any atom is -0.466 e. The molecule has 7 heteroatoms. The lowest BCUT2D eigenvalue weighted by Gasteiger charge is -2.31. The number of hydrogen-bond acceptors (Lipinski definition) is 6. The molecule has 1 atom stereocenters. The molecule has 1 aromatic rings. The van der Waals surface area contributed by atoms with Gasteiger partial charge in [0.15, 0.2) is 11.5 Å². The number of nitrogens with one attached hydrogen (secondary N) is 1. The second kappa shape index (κ2) is 8.20. The van der Waals surface area contributed by atoms with E-state index in [4.69, 9.17) is 14.2 Å². The fourth-order valence-electron chi connectivity index (χ4n) is 3.17. The van der Waals surface area contributed by atoms with E-state index in [0.29, 0.717) is 43.3 Å². The molecule has 1 N–H and O–H groups in total. The summed E-state index contributed by atoms with van der Waals surface area (Å²) in [7, 11) is 0. The van der Waals surface area contributed by atoms with Crippen molar-refractivity contribution in [2.45, 2.75) is 26.2 Å². The van der Waals surface area contributed by atoms with E-state index >= 15 is 0 Å². The Morgan fingerprint density at radius 3 is 3.00 bits per heavy atom. The number of carbonyl (C=O) groups is 2. The third kappa shape index (κ3) is 4.63. The van der Waals surface area contributed by atoms with Crippen molar-refractivity contribution in [2.24, 2.45) is 5.92 Å². The molecule has 0 aliphatic carbocycles. The molecule has 0 radical (unpaired) electrons. The van der Waals surface area contributed by atoms with Gasteiger partial charge in [-0.15, -0.1) is 0 Å². The van der Waals surface area contributed by atoms with Crippen LogP contribution in [0, 0.1) is 5.92 Å². The minimum atomic E-state index is -0.128. The van der Waals surface area contributed by atoms with E-state index < -0.39 is 0 Å². The summed E-state index contributed by atoms with van der Waals surface area (Å²) in [5.41, 5.74) is 0.692. The maximum Gasteiger partial charge on any atom is 0.310 e. The van der Waals surface area contributed by atoms with Crippen molar-refractivity contribution in [1.82, 2.24) is 4.90 Å². The Kier molecular flexibility index (Phi) is 5.75. The number of amides is 1. The highest BCUT2D eigenvalue weighted by molar-refractivity contribution is 5.91. The largest absolute Gasteiger partial charge is 0.466 e. The first-order valence-electron chi connectivity index (χ1n) is 8.74. The highest BCUT2D eigenvalue weighted by Gasteiger charge is 2.26. The fraction of sp³-hybridized carbons (Fsp3) is 0.556.